The van der Waals surface area contributed by atoms with E-state index in [-0.39, 0.29) is 0 Å². The molecule has 1 fully saturated rings. The number of amides is 1. The SMILES string of the molecule is COc1ccc2c(c1)CCCn1c-2c(C2CCCCC2)c2ccc(C(=O)NS(=O)(=O)N(C)C)cc21. The molecule has 0 unspecified atom stereocenters. The lowest BCUT2D eigenvalue weighted by atomic mass is 9.81. The highest BCUT2D eigenvalue weighted by Crippen LogP contribution is 2.46. The molecule has 0 bridgehead atoms. The topological polar surface area (TPSA) is 80.6 Å². The smallest absolute Gasteiger partial charge is 0.303 e. The Morgan fingerprint density at radius 1 is 1.06 bits per heavy atom. The van der Waals surface area contributed by atoms with Crippen LogP contribution in [0, 0.1) is 0 Å². The Hall–Kier alpha value is -2.84. The summed E-state index contributed by atoms with van der Waals surface area (Å²) in [7, 11) is 0.630. The number of carbonyl (C=O) groups is 1. The molecule has 3 aromatic rings. The molecular weight excluding hydrogens is 462 g/mol. The number of methoxy groups -OCH3 is 1. The van der Waals surface area contributed by atoms with E-state index in [9.17, 15) is 13.2 Å². The van der Waals surface area contributed by atoms with Crippen LogP contribution in [0.25, 0.3) is 22.2 Å². The van der Waals surface area contributed by atoms with E-state index in [0.29, 0.717) is 11.5 Å². The molecule has 1 N–H and O–H groups in total. The summed E-state index contributed by atoms with van der Waals surface area (Å²) in [5, 5.41) is 1.17. The van der Waals surface area contributed by atoms with Crippen LogP contribution >= 0.6 is 0 Å². The van der Waals surface area contributed by atoms with E-state index in [0.717, 1.165) is 35.0 Å². The van der Waals surface area contributed by atoms with Gasteiger partial charge in [0.1, 0.15) is 5.75 Å². The molecule has 8 heteroatoms. The number of ether oxygens (including phenoxy) is 1. The zero-order valence-corrected chi connectivity index (χ0v) is 21.5. The molecule has 2 aliphatic rings. The first-order valence-electron chi connectivity index (χ1n) is 12.4. The number of rotatable bonds is 5. The summed E-state index contributed by atoms with van der Waals surface area (Å²) in [4.78, 5) is 12.9. The van der Waals surface area contributed by atoms with Crippen molar-refractivity contribution in [3.05, 3.63) is 53.1 Å². The molecule has 7 nitrogen and oxygen atoms in total. The lowest BCUT2D eigenvalue weighted by molar-refractivity contribution is 0.0980. The van der Waals surface area contributed by atoms with Crippen LogP contribution in [0.1, 0.15) is 65.9 Å². The Morgan fingerprint density at radius 2 is 1.83 bits per heavy atom. The van der Waals surface area contributed by atoms with Crippen molar-refractivity contribution in [2.75, 3.05) is 21.2 Å². The number of aryl methyl sites for hydroxylation is 2. The molecule has 1 aromatic heterocycles. The minimum Gasteiger partial charge on any atom is -0.497 e. The first kappa shape index (κ1) is 23.9. The summed E-state index contributed by atoms with van der Waals surface area (Å²) < 4.78 is 35.5. The van der Waals surface area contributed by atoms with E-state index in [1.807, 2.05) is 18.2 Å². The molecule has 1 aliphatic heterocycles. The molecule has 0 spiro atoms. The van der Waals surface area contributed by atoms with Gasteiger partial charge >= 0.3 is 10.2 Å². The summed E-state index contributed by atoms with van der Waals surface area (Å²) in [5.41, 5.74) is 6.50. The maximum absolute atomic E-state index is 12.9. The number of hydrogen-bond donors (Lipinski definition) is 1. The van der Waals surface area contributed by atoms with Gasteiger partial charge in [0.25, 0.3) is 5.91 Å². The van der Waals surface area contributed by atoms with Crippen molar-refractivity contribution in [1.82, 2.24) is 13.6 Å². The van der Waals surface area contributed by atoms with E-state index < -0.39 is 16.1 Å². The highest BCUT2D eigenvalue weighted by molar-refractivity contribution is 7.87. The molecule has 1 saturated carbocycles. The zero-order valence-electron chi connectivity index (χ0n) is 20.6. The third kappa shape index (κ3) is 4.34. The minimum atomic E-state index is -3.87. The Balaban J connectivity index is 1.70. The van der Waals surface area contributed by atoms with Crippen LogP contribution in [0.4, 0.5) is 0 Å². The molecule has 1 amide bonds. The maximum atomic E-state index is 12.9. The first-order chi connectivity index (χ1) is 16.8. The molecule has 0 saturated heterocycles. The van der Waals surface area contributed by atoms with Gasteiger partial charge in [0.2, 0.25) is 0 Å². The van der Waals surface area contributed by atoms with Crippen molar-refractivity contribution in [1.29, 1.82) is 0 Å². The Labute approximate surface area is 207 Å². The predicted molar refractivity (Wildman–Crippen MR) is 138 cm³/mol. The monoisotopic (exact) mass is 495 g/mol. The molecule has 35 heavy (non-hydrogen) atoms. The fourth-order valence-electron chi connectivity index (χ4n) is 5.67. The van der Waals surface area contributed by atoms with E-state index in [1.54, 1.807) is 13.2 Å². The van der Waals surface area contributed by atoms with Crippen LogP contribution in [-0.2, 0) is 23.2 Å². The van der Waals surface area contributed by atoms with Gasteiger partial charge < -0.3 is 9.30 Å². The van der Waals surface area contributed by atoms with Crippen LogP contribution in [-0.4, -0.2) is 44.4 Å². The Kier molecular flexibility index (Phi) is 6.36. The van der Waals surface area contributed by atoms with Crippen LogP contribution in [0.2, 0.25) is 0 Å². The lowest BCUT2D eigenvalue weighted by Crippen LogP contribution is -2.39. The summed E-state index contributed by atoms with van der Waals surface area (Å²) >= 11 is 0. The number of nitrogens with one attached hydrogen (secondary N) is 1. The van der Waals surface area contributed by atoms with Crippen molar-refractivity contribution in [3.63, 3.8) is 0 Å². The highest BCUT2D eigenvalue weighted by atomic mass is 32.2. The summed E-state index contributed by atoms with van der Waals surface area (Å²) in [6, 6.07) is 12.0. The minimum absolute atomic E-state index is 0.345. The second kappa shape index (κ2) is 9.32. The van der Waals surface area contributed by atoms with E-state index in [1.165, 1.54) is 74.0 Å². The molecule has 2 heterocycles. The van der Waals surface area contributed by atoms with Gasteiger partial charge in [-0.3, -0.25) is 4.79 Å². The van der Waals surface area contributed by atoms with Gasteiger partial charge in [0, 0.05) is 42.7 Å². The Bertz CT molecular complexity index is 1390. The number of nitrogens with zero attached hydrogens (tertiary/aromatic N) is 2. The van der Waals surface area contributed by atoms with E-state index >= 15 is 0 Å². The Morgan fingerprint density at radius 3 is 2.54 bits per heavy atom. The number of hydrogen-bond acceptors (Lipinski definition) is 4. The average molecular weight is 496 g/mol. The number of carbonyl (C=O) groups excluding carboxylic acids is 1. The van der Waals surface area contributed by atoms with Crippen LogP contribution in [0.5, 0.6) is 5.75 Å². The fourth-order valence-corrected chi connectivity index (χ4v) is 6.21. The number of fused-ring (bicyclic) bond motifs is 5. The van der Waals surface area contributed by atoms with Crippen LogP contribution in [0.3, 0.4) is 0 Å². The average Bonchev–Trinajstić information content (AvgIpc) is 3.05. The van der Waals surface area contributed by atoms with Gasteiger partial charge in [-0.05, 0) is 73.1 Å². The van der Waals surface area contributed by atoms with Crippen LogP contribution in [0.15, 0.2) is 36.4 Å². The van der Waals surface area contributed by atoms with Gasteiger partial charge in [-0.15, -0.1) is 0 Å². The number of benzene rings is 2. The lowest BCUT2D eigenvalue weighted by Gasteiger charge is -2.24. The molecule has 0 atom stereocenters. The van der Waals surface area contributed by atoms with Gasteiger partial charge in [-0.25, -0.2) is 4.72 Å². The quantitative estimate of drug-likeness (QED) is 0.549. The fraction of sp³-hybridized carbons (Fsp3) is 0.444. The second-order valence-electron chi connectivity index (χ2n) is 9.83. The third-order valence-corrected chi connectivity index (χ3v) is 8.88. The normalized spacial score (nSPS) is 16.6. The second-order valence-corrected chi connectivity index (χ2v) is 11.7. The molecule has 0 radical (unpaired) electrons. The molecule has 1 aliphatic carbocycles. The summed E-state index contributed by atoms with van der Waals surface area (Å²) in [6.45, 7) is 0.844. The number of aromatic nitrogens is 1. The van der Waals surface area contributed by atoms with Gasteiger partial charge in [-0.1, -0.05) is 25.3 Å². The summed E-state index contributed by atoms with van der Waals surface area (Å²) in [5.74, 6) is 0.729. The molecule has 2 aromatic carbocycles. The molecule has 186 valence electrons. The molecular formula is C27H33N3O4S. The first-order valence-corrected chi connectivity index (χ1v) is 13.8. The van der Waals surface area contributed by atoms with Crippen molar-refractivity contribution >= 4 is 27.0 Å². The standard InChI is InChI=1S/C27H33N3O4S/c1-29(2)35(32,33)28-27(31)20-11-13-23-24(17-20)30-15-7-10-19-16-21(34-3)12-14-22(19)26(30)25(23)18-8-5-4-6-9-18/h11-14,16-18H,4-10,15H2,1-3H3,(H,28,31). The zero-order chi connectivity index (χ0) is 24.7. The predicted octanol–water partition coefficient (Wildman–Crippen LogP) is 4.85. The van der Waals surface area contributed by atoms with Crippen molar-refractivity contribution in [2.24, 2.45) is 0 Å². The van der Waals surface area contributed by atoms with E-state index in [4.69, 9.17) is 4.74 Å². The highest BCUT2D eigenvalue weighted by Gasteiger charge is 2.29. The van der Waals surface area contributed by atoms with Gasteiger partial charge in [0.15, 0.2) is 0 Å². The van der Waals surface area contributed by atoms with Crippen molar-refractivity contribution < 1.29 is 17.9 Å². The van der Waals surface area contributed by atoms with Crippen molar-refractivity contribution in [3.8, 4) is 17.0 Å². The van der Waals surface area contributed by atoms with E-state index in [2.05, 4.69) is 21.4 Å². The largest absolute Gasteiger partial charge is 0.497 e. The molecule has 5 rings (SSSR count). The summed E-state index contributed by atoms with van der Waals surface area (Å²) in [6.07, 6.45) is 8.02. The van der Waals surface area contributed by atoms with Gasteiger partial charge in [0.05, 0.1) is 12.8 Å². The maximum Gasteiger partial charge on any atom is 0.303 e. The van der Waals surface area contributed by atoms with Gasteiger partial charge in [-0.2, -0.15) is 12.7 Å². The third-order valence-electron chi connectivity index (χ3n) is 7.48. The van der Waals surface area contributed by atoms with Crippen LogP contribution < -0.4 is 9.46 Å². The van der Waals surface area contributed by atoms with Crippen molar-refractivity contribution in [2.45, 2.75) is 57.4 Å².